The summed E-state index contributed by atoms with van der Waals surface area (Å²) in [6, 6.07) is 12.2. The van der Waals surface area contributed by atoms with Crippen molar-refractivity contribution in [1.82, 2.24) is 0 Å². The molecule has 2 rings (SSSR count). The van der Waals surface area contributed by atoms with Crippen molar-refractivity contribution in [2.24, 2.45) is 0 Å². The highest BCUT2D eigenvalue weighted by Gasteiger charge is 2.17. The van der Waals surface area contributed by atoms with Gasteiger partial charge in [0.05, 0.1) is 19.9 Å². The minimum Gasteiger partial charge on any atom is -0.506 e. The van der Waals surface area contributed by atoms with E-state index in [0.717, 1.165) is 5.56 Å². The molecule has 0 fully saturated rings. The molecule has 23 heavy (non-hydrogen) atoms. The smallest absolute Gasteiger partial charge is 0.225 e. The molecule has 1 amide bonds. The topological polar surface area (TPSA) is 67.8 Å². The van der Waals surface area contributed by atoms with Crippen LogP contribution in [0.2, 0.25) is 0 Å². The van der Waals surface area contributed by atoms with Crippen molar-refractivity contribution in [3.05, 3.63) is 48.0 Å². The van der Waals surface area contributed by atoms with Crippen LogP contribution in [0.1, 0.15) is 24.8 Å². The van der Waals surface area contributed by atoms with E-state index in [0.29, 0.717) is 17.2 Å². The summed E-state index contributed by atoms with van der Waals surface area (Å²) in [4.78, 5) is 12.2. The molecule has 0 aliphatic rings. The molecule has 1 atom stereocenters. The van der Waals surface area contributed by atoms with Gasteiger partial charge in [0.25, 0.3) is 0 Å². The Morgan fingerprint density at radius 2 is 1.91 bits per heavy atom. The van der Waals surface area contributed by atoms with E-state index in [-0.39, 0.29) is 24.0 Å². The Hall–Kier alpha value is -2.69. The number of rotatable bonds is 6. The standard InChI is InChI=1S/C18H21NO4/c1-12(14-9-8-13(22-2)11-17(14)23-3)10-18(21)19-15-6-4-5-7-16(15)20/h4-9,11-12,20H,10H2,1-3H3,(H,19,21). The van der Waals surface area contributed by atoms with Gasteiger partial charge in [-0.25, -0.2) is 0 Å². The predicted octanol–water partition coefficient (Wildman–Crippen LogP) is 3.54. The largest absolute Gasteiger partial charge is 0.506 e. The first kappa shape index (κ1) is 16.7. The minimum atomic E-state index is -0.170. The van der Waals surface area contributed by atoms with Crippen molar-refractivity contribution in [2.75, 3.05) is 19.5 Å². The molecular weight excluding hydrogens is 294 g/mol. The molecule has 2 aromatic rings. The Bertz CT molecular complexity index is 684. The first-order valence-electron chi connectivity index (χ1n) is 7.35. The highest BCUT2D eigenvalue weighted by Crippen LogP contribution is 2.32. The maximum Gasteiger partial charge on any atom is 0.225 e. The number of para-hydroxylation sites is 2. The molecule has 0 aliphatic heterocycles. The Balaban J connectivity index is 2.08. The van der Waals surface area contributed by atoms with Gasteiger partial charge in [0.1, 0.15) is 17.2 Å². The van der Waals surface area contributed by atoms with Crippen LogP contribution in [-0.4, -0.2) is 25.2 Å². The van der Waals surface area contributed by atoms with Gasteiger partial charge in [-0.1, -0.05) is 25.1 Å². The molecule has 1 unspecified atom stereocenters. The number of phenols is 1. The number of methoxy groups -OCH3 is 2. The van der Waals surface area contributed by atoms with E-state index in [9.17, 15) is 9.90 Å². The zero-order valence-corrected chi connectivity index (χ0v) is 13.5. The average Bonchev–Trinajstić information content (AvgIpc) is 2.56. The van der Waals surface area contributed by atoms with Crippen molar-refractivity contribution < 1.29 is 19.4 Å². The van der Waals surface area contributed by atoms with Crippen molar-refractivity contribution in [3.8, 4) is 17.2 Å². The van der Waals surface area contributed by atoms with Crippen LogP contribution < -0.4 is 14.8 Å². The van der Waals surface area contributed by atoms with Gasteiger partial charge in [0, 0.05) is 12.5 Å². The number of phenolic OH excluding ortho intramolecular Hbond substituents is 1. The fourth-order valence-corrected chi connectivity index (χ4v) is 2.39. The molecule has 0 bridgehead atoms. The van der Waals surface area contributed by atoms with Gasteiger partial charge in [-0.2, -0.15) is 0 Å². The second-order valence-electron chi connectivity index (χ2n) is 5.28. The molecule has 0 spiro atoms. The van der Waals surface area contributed by atoms with Crippen LogP contribution in [-0.2, 0) is 4.79 Å². The molecule has 5 nitrogen and oxygen atoms in total. The van der Waals surface area contributed by atoms with Crippen LogP contribution >= 0.6 is 0 Å². The second-order valence-corrected chi connectivity index (χ2v) is 5.28. The number of nitrogens with one attached hydrogen (secondary N) is 1. The zero-order valence-electron chi connectivity index (χ0n) is 13.5. The highest BCUT2D eigenvalue weighted by atomic mass is 16.5. The molecule has 2 aromatic carbocycles. The van der Waals surface area contributed by atoms with Crippen LogP contribution in [0.3, 0.4) is 0 Å². The molecule has 0 saturated carbocycles. The molecule has 122 valence electrons. The van der Waals surface area contributed by atoms with Crippen LogP contribution in [0.15, 0.2) is 42.5 Å². The molecule has 0 radical (unpaired) electrons. The fraction of sp³-hybridized carbons (Fsp3) is 0.278. The van der Waals surface area contributed by atoms with Crippen LogP contribution in [0.4, 0.5) is 5.69 Å². The monoisotopic (exact) mass is 315 g/mol. The lowest BCUT2D eigenvalue weighted by atomic mass is 9.96. The minimum absolute atomic E-state index is 0.0401. The summed E-state index contributed by atoms with van der Waals surface area (Å²) >= 11 is 0. The van der Waals surface area contributed by atoms with Gasteiger partial charge in [-0.05, 0) is 29.7 Å². The first-order chi connectivity index (χ1) is 11.0. The summed E-state index contributed by atoms with van der Waals surface area (Å²) in [5.41, 5.74) is 1.34. The Kier molecular flexibility index (Phi) is 5.46. The van der Waals surface area contributed by atoms with Crippen molar-refractivity contribution in [2.45, 2.75) is 19.3 Å². The summed E-state index contributed by atoms with van der Waals surface area (Å²) in [6.45, 7) is 1.95. The lowest BCUT2D eigenvalue weighted by molar-refractivity contribution is -0.116. The van der Waals surface area contributed by atoms with Gasteiger partial charge >= 0.3 is 0 Å². The number of carbonyl (C=O) groups excluding carboxylic acids is 1. The molecular formula is C18H21NO4. The maximum absolute atomic E-state index is 12.2. The van der Waals surface area contributed by atoms with Crippen LogP contribution in [0.5, 0.6) is 17.2 Å². The van der Waals surface area contributed by atoms with E-state index in [4.69, 9.17) is 9.47 Å². The number of ether oxygens (including phenoxy) is 2. The van der Waals surface area contributed by atoms with Gasteiger partial charge in [-0.15, -0.1) is 0 Å². The lowest BCUT2D eigenvalue weighted by Crippen LogP contribution is -2.14. The molecule has 0 aromatic heterocycles. The van der Waals surface area contributed by atoms with Crippen molar-refractivity contribution in [3.63, 3.8) is 0 Å². The third kappa shape index (κ3) is 4.16. The van der Waals surface area contributed by atoms with Gasteiger partial charge in [0.2, 0.25) is 5.91 Å². The molecule has 0 aliphatic carbocycles. The number of amides is 1. The lowest BCUT2D eigenvalue weighted by Gasteiger charge is -2.16. The third-order valence-corrected chi connectivity index (χ3v) is 3.64. The SMILES string of the molecule is COc1ccc(C(C)CC(=O)Nc2ccccc2O)c(OC)c1. The summed E-state index contributed by atoms with van der Waals surface area (Å²) in [5, 5.41) is 12.4. The Morgan fingerprint density at radius 3 is 2.57 bits per heavy atom. The van der Waals surface area contributed by atoms with E-state index >= 15 is 0 Å². The van der Waals surface area contributed by atoms with Gasteiger partial charge < -0.3 is 19.9 Å². The number of hydrogen-bond acceptors (Lipinski definition) is 4. The van der Waals surface area contributed by atoms with Crippen LogP contribution in [0, 0.1) is 0 Å². The maximum atomic E-state index is 12.2. The number of hydrogen-bond donors (Lipinski definition) is 2. The van der Waals surface area contributed by atoms with Gasteiger partial charge in [0.15, 0.2) is 0 Å². The van der Waals surface area contributed by atoms with E-state index < -0.39 is 0 Å². The average molecular weight is 315 g/mol. The molecule has 2 N–H and O–H groups in total. The number of carbonyl (C=O) groups is 1. The van der Waals surface area contributed by atoms with E-state index in [2.05, 4.69) is 5.32 Å². The van der Waals surface area contributed by atoms with Crippen molar-refractivity contribution in [1.29, 1.82) is 0 Å². The zero-order chi connectivity index (χ0) is 16.8. The summed E-state index contributed by atoms with van der Waals surface area (Å²) in [5.74, 6) is 1.23. The number of benzene rings is 2. The second kappa shape index (κ2) is 7.54. The van der Waals surface area contributed by atoms with Crippen molar-refractivity contribution >= 4 is 11.6 Å². The van der Waals surface area contributed by atoms with E-state index in [1.807, 2.05) is 19.1 Å². The number of aromatic hydroxyl groups is 1. The molecule has 0 saturated heterocycles. The summed E-state index contributed by atoms with van der Waals surface area (Å²) in [7, 11) is 3.19. The van der Waals surface area contributed by atoms with Gasteiger partial charge in [-0.3, -0.25) is 4.79 Å². The predicted molar refractivity (Wildman–Crippen MR) is 89.3 cm³/mol. The van der Waals surface area contributed by atoms with E-state index in [1.54, 1.807) is 38.5 Å². The normalized spacial score (nSPS) is 11.6. The highest BCUT2D eigenvalue weighted by molar-refractivity contribution is 5.92. The van der Waals surface area contributed by atoms with Crippen LogP contribution in [0.25, 0.3) is 0 Å². The Morgan fingerprint density at radius 1 is 1.17 bits per heavy atom. The third-order valence-electron chi connectivity index (χ3n) is 3.64. The summed E-state index contributed by atoms with van der Waals surface area (Å²) < 4.78 is 10.6. The molecule has 5 heteroatoms. The quantitative estimate of drug-likeness (QED) is 0.800. The first-order valence-corrected chi connectivity index (χ1v) is 7.35. The summed E-state index contributed by atoms with van der Waals surface area (Å²) in [6.07, 6.45) is 0.275. The fourth-order valence-electron chi connectivity index (χ4n) is 2.39. The number of anilines is 1. The Labute approximate surface area is 135 Å². The molecule has 0 heterocycles. The van der Waals surface area contributed by atoms with E-state index in [1.165, 1.54) is 6.07 Å².